The van der Waals surface area contributed by atoms with E-state index in [-0.39, 0.29) is 5.54 Å². The molecule has 92 valence electrons. The van der Waals surface area contributed by atoms with Crippen LogP contribution in [0, 0.1) is 11.8 Å². The molecule has 0 radical (unpaired) electrons. The van der Waals surface area contributed by atoms with E-state index in [0.29, 0.717) is 5.92 Å². The van der Waals surface area contributed by atoms with Crippen LogP contribution in [0.1, 0.15) is 48.0 Å². The summed E-state index contributed by atoms with van der Waals surface area (Å²) in [5.74, 6) is 1.36. The first-order valence-electron chi connectivity index (χ1n) is 6.37. The largest absolute Gasteiger partial charge is 0.329 e. The molecule has 2 N–H and O–H groups in total. The zero-order valence-corrected chi connectivity index (χ0v) is 11.5. The first-order chi connectivity index (χ1) is 6.92. The van der Waals surface area contributed by atoms with Crippen LogP contribution in [0.5, 0.6) is 0 Å². The molecular weight excluding hydrogens is 184 g/mol. The zero-order chi connectivity index (χ0) is 12.1. The van der Waals surface area contributed by atoms with Crippen LogP contribution in [0.15, 0.2) is 0 Å². The predicted octanol–water partition coefficient (Wildman–Crippen LogP) is 2.73. The van der Waals surface area contributed by atoms with Crippen LogP contribution in [-0.2, 0) is 0 Å². The summed E-state index contributed by atoms with van der Waals surface area (Å²) in [6, 6.07) is 0. The van der Waals surface area contributed by atoms with E-state index in [1.54, 1.807) is 0 Å². The molecule has 0 amide bonds. The average Bonchev–Trinajstić information content (AvgIpc) is 2.23. The second-order valence-electron chi connectivity index (χ2n) is 5.27. The molecule has 2 unspecified atom stereocenters. The van der Waals surface area contributed by atoms with Crippen LogP contribution >= 0.6 is 0 Å². The van der Waals surface area contributed by atoms with Crippen LogP contribution in [0.2, 0.25) is 0 Å². The summed E-state index contributed by atoms with van der Waals surface area (Å²) in [7, 11) is 0. The maximum Gasteiger partial charge on any atom is 0.0326 e. The van der Waals surface area contributed by atoms with Crippen LogP contribution in [0.25, 0.3) is 0 Å². The van der Waals surface area contributed by atoms with Crippen molar-refractivity contribution < 1.29 is 0 Å². The maximum atomic E-state index is 5.96. The highest BCUT2D eigenvalue weighted by Crippen LogP contribution is 2.24. The van der Waals surface area contributed by atoms with Gasteiger partial charge < -0.3 is 5.73 Å². The Bertz CT molecular complexity index is 168. The molecule has 0 aliphatic carbocycles. The Hall–Kier alpha value is -0.0800. The average molecular weight is 214 g/mol. The van der Waals surface area contributed by atoms with Crippen molar-refractivity contribution in [2.24, 2.45) is 17.6 Å². The van der Waals surface area contributed by atoms with E-state index < -0.39 is 0 Å². The Balaban J connectivity index is 4.61. The van der Waals surface area contributed by atoms with Crippen molar-refractivity contribution in [3.8, 4) is 0 Å². The third kappa shape index (κ3) is 3.76. The Labute approximate surface area is 96.2 Å². The van der Waals surface area contributed by atoms with Crippen molar-refractivity contribution >= 4 is 0 Å². The lowest BCUT2D eigenvalue weighted by atomic mass is 9.85. The summed E-state index contributed by atoms with van der Waals surface area (Å²) < 4.78 is 0. The molecule has 2 atom stereocenters. The summed E-state index contributed by atoms with van der Waals surface area (Å²) in [6.45, 7) is 16.7. The molecule has 0 bridgehead atoms. The van der Waals surface area contributed by atoms with Gasteiger partial charge in [0.05, 0.1) is 0 Å². The fraction of sp³-hybridized carbons (Fsp3) is 1.00. The van der Waals surface area contributed by atoms with E-state index >= 15 is 0 Å². The van der Waals surface area contributed by atoms with Crippen molar-refractivity contribution in [3.05, 3.63) is 0 Å². The van der Waals surface area contributed by atoms with E-state index in [9.17, 15) is 0 Å². The molecule has 0 heterocycles. The number of nitrogens with zero attached hydrogens (tertiary/aromatic N) is 1. The predicted molar refractivity (Wildman–Crippen MR) is 69.0 cm³/mol. The highest BCUT2D eigenvalue weighted by Gasteiger charge is 2.33. The van der Waals surface area contributed by atoms with E-state index in [4.69, 9.17) is 5.73 Å². The second kappa shape index (κ2) is 6.49. The van der Waals surface area contributed by atoms with Crippen LogP contribution in [-0.4, -0.2) is 30.1 Å². The molecule has 0 saturated heterocycles. The summed E-state index contributed by atoms with van der Waals surface area (Å²) in [5, 5.41) is 0. The number of rotatable bonds is 7. The van der Waals surface area contributed by atoms with Gasteiger partial charge in [0.15, 0.2) is 0 Å². The van der Waals surface area contributed by atoms with Crippen LogP contribution in [0.3, 0.4) is 0 Å². The first-order valence-corrected chi connectivity index (χ1v) is 6.37. The van der Waals surface area contributed by atoms with E-state index in [2.05, 4.69) is 46.4 Å². The highest BCUT2D eigenvalue weighted by atomic mass is 15.2. The van der Waals surface area contributed by atoms with Gasteiger partial charge in [0.1, 0.15) is 0 Å². The number of hydrogen-bond donors (Lipinski definition) is 1. The fourth-order valence-corrected chi connectivity index (χ4v) is 1.93. The molecular formula is C13H30N2. The van der Waals surface area contributed by atoms with E-state index in [1.165, 1.54) is 13.0 Å². The van der Waals surface area contributed by atoms with Gasteiger partial charge in [0, 0.05) is 18.6 Å². The minimum atomic E-state index is 0.151. The third-order valence-corrected chi connectivity index (χ3v) is 3.99. The Morgan fingerprint density at radius 2 is 1.73 bits per heavy atom. The van der Waals surface area contributed by atoms with Crippen molar-refractivity contribution in [1.82, 2.24) is 4.90 Å². The van der Waals surface area contributed by atoms with Crippen molar-refractivity contribution in [1.29, 1.82) is 0 Å². The highest BCUT2D eigenvalue weighted by molar-refractivity contribution is 4.90. The van der Waals surface area contributed by atoms with Gasteiger partial charge in [0.2, 0.25) is 0 Å². The van der Waals surface area contributed by atoms with E-state index in [0.717, 1.165) is 19.0 Å². The molecule has 0 fully saturated rings. The van der Waals surface area contributed by atoms with Gasteiger partial charge in [-0.25, -0.2) is 0 Å². The number of hydrogen-bond acceptors (Lipinski definition) is 2. The normalized spacial score (nSPS) is 18.2. The van der Waals surface area contributed by atoms with Gasteiger partial charge in [-0.3, -0.25) is 4.90 Å². The lowest BCUT2D eigenvalue weighted by Crippen LogP contribution is -2.56. The van der Waals surface area contributed by atoms with E-state index in [1.807, 2.05) is 0 Å². The van der Waals surface area contributed by atoms with Gasteiger partial charge in [-0.2, -0.15) is 0 Å². The smallest absolute Gasteiger partial charge is 0.0326 e. The summed E-state index contributed by atoms with van der Waals surface area (Å²) in [6.07, 6.45) is 1.25. The second-order valence-corrected chi connectivity index (χ2v) is 5.27. The number of likely N-dealkylation sites (N-methyl/N-ethyl adjacent to an activating group) is 1. The Kier molecular flexibility index (Phi) is 6.46. The molecule has 0 aliphatic heterocycles. The molecule has 2 heteroatoms. The lowest BCUT2D eigenvalue weighted by molar-refractivity contribution is 0.0584. The monoisotopic (exact) mass is 214 g/mol. The Morgan fingerprint density at radius 1 is 1.20 bits per heavy atom. The minimum absolute atomic E-state index is 0.151. The maximum absolute atomic E-state index is 5.96. The number of nitrogens with two attached hydrogens (primary N) is 1. The lowest BCUT2D eigenvalue weighted by Gasteiger charge is -2.44. The van der Waals surface area contributed by atoms with Gasteiger partial charge >= 0.3 is 0 Å². The zero-order valence-electron chi connectivity index (χ0n) is 11.5. The van der Waals surface area contributed by atoms with Gasteiger partial charge in [0.25, 0.3) is 0 Å². The summed E-state index contributed by atoms with van der Waals surface area (Å²) in [4.78, 5) is 2.55. The summed E-state index contributed by atoms with van der Waals surface area (Å²) in [5.41, 5.74) is 6.11. The molecule has 0 spiro atoms. The molecule has 0 saturated carbocycles. The minimum Gasteiger partial charge on any atom is -0.329 e. The molecule has 2 nitrogen and oxygen atoms in total. The standard InChI is InChI=1S/C13H30N2/c1-7-12(5)9-15(8-2)13(6,10-14)11(3)4/h11-12H,7-10,14H2,1-6H3. The third-order valence-electron chi connectivity index (χ3n) is 3.99. The van der Waals surface area contributed by atoms with Crippen molar-refractivity contribution in [2.75, 3.05) is 19.6 Å². The molecule has 0 aliphatic rings. The van der Waals surface area contributed by atoms with Crippen molar-refractivity contribution in [2.45, 2.75) is 53.5 Å². The Morgan fingerprint density at radius 3 is 2.00 bits per heavy atom. The molecule has 15 heavy (non-hydrogen) atoms. The van der Waals surface area contributed by atoms with Gasteiger partial charge in [-0.05, 0) is 25.3 Å². The summed E-state index contributed by atoms with van der Waals surface area (Å²) >= 11 is 0. The fourth-order valence-electron chi connectivity index (χ4n) is 1.93. The van der Waals surface area contributed by atoms with Crippen LogP contribution in [0.4, 0.5) is 0 Å². The van der Waals surface area contributed by atoms with Crippen molar-refractivity contribution in [3.63, 3.8) is 0 Å². The van der Waals surface area contributed by atoms with Crippen LogP contribution < -0.4 is 5.73 Å². The molecule has 0 aromatic heterocycles. The SMILES string of the molecule is CCC(C)CN(CC)C(C)(CN)C(C)C. The van der Waals surface area contributed by atoms with Gasteiger partial charge in [-0.15, -0.1) is 0 Å². The first kappa shape index (κ1) is 14.9. The van der Waals surface area contributed by atoms with Gasteiger partial charge in [-0.1, -0.05) is 41.0 Å². The molecule has 0 rings (SSSR count). The quantitative estimate of drug-likeness (QED) is 0.706. The topological polar surface area (TPSA) is 29.3 Å². The molecule has 0 aromatic carbocycles. The molecule has 0 aromatic rings.